The van der Waals surface area contributed by atoms with Gasteiger partial charge in [0.15, 0.2) is 0 Å². The first-order valence-electron chi connectivity index (χ1n) is 9.19. The quantitative estimate of drug-likeness (QED) is 0.525. The van der Waals surface area contributed by atoms with Crippen molar-refractivity contribution in [2.75, 3.05) is 10.6 Å². The van der Waals surface area contributed by atoms with Crippen LogP contribution in [0.3, 0.4) is 0 Å². The van der Waals surface area contributed by atoms with Gasteiger partial charge in [0.2, 0.25) is 0 Å². The molecule has 0 bridgehead atoms. The van der Waals surface area contributed by atoms with E-state index in [1.165, 1.54) is 18.2 Å². The Hall–Kier alpha value is -4.13. The minimum Gasteiger partial charge on any atom is -0.322 e. The molecule has 6 nitrogen and oxygen atoms in total. The largest absolute Gasteiger partial charge is 0.322 e. The first-order chi connectivity index (χ1) is 14.5. The molecule has 148 valence electrons. The number of hydrogen-bond donors (Lipinski definition) is 2. The van der Waals surface area contributed by atoms with E-state index >= 15 is 0 Å². The number of nitrogens with one attached hydrogen (secondary N) is 2. The number of amides is 2. The fourth-order valence-corrected chi connectivity index (χ4v) is 3.10. The molecular weight excluding hydrogens is 383 g/mol. The lowest BCUT2D eigenvalue weighted by atomic mass is 10.1. The zero-order valence-corrected chi connectivity index (χ0v) is 16.0. The third-order valence-electron chi connectivity index (χ3n) is 4.47. The second-order valence-electron chi connectivity index (χ2n) is 6.70. The van der Waals surface area contributed by atoms with E-state index in [4.69, 9.17) is 0 Å². The Labute approximate surface area is 171 Å². The molecular formula is C23H17FN4O2. The van der Waals surface area contributed by atoms with Crippen molar-refractivity contribution in [3.05, 3.63) is 95.7 Å². The molecule has 0 saturated heterocycles. The number of fused-ring (bicyclic) bond motifs is 1. The molecule has 0 radical (unpaired) electrons. The van der Waals surface area contributed by atoms with Crippen LogP contribution in [0.25, 0.3) is 10.9 Å². The van der Waals surface area contributed by atoms with Crippen LogP contribution < -0.4 is 10.6 Å². The summed E-state index contributed by atoms with van der Waals surface area (Å²) in [6.07, 6.45) is 3.16. The van der Waals surface area contributed by atoms with Crippen molar-refractivity contribution < 1.29 is 14.0 Å². The molecule has 0 aliphatic heterocycles. The first kappa shape index (κ1) is 19.2. The maximum absolute atomic E-state index is 13.5. The molecule has 2 heterocycles. The number of halogens is 1. The van der Waals surface area contributed by atoms with E-state index < -0.39 is 5.82 Å². The number of rotatable bonds is 4. The maximum Gasteiger partial charge on any atom is 0.256 e. The van der Waals surface area contributed by atoms with Crippen molar-refractivity contribution in [1.29, 1.82) is 0 Å². The summed E-state index contributed by atoms with van der Waals surface area (Å²) in [4.78, 5) is 33.6. The summed E-state index contributed by atoms with van der Waals surface area (Å²) in [5.41, 5.74) is 2.86. The Morgan fingerprint density at radius 3 is 2.43 bits per heavy atom. The highest BCUT2D eigenvalue weighted by molar-refractivity contribution is 6.13. The van der Waals surface area contributed by atoms with Gasteiger partial charge in [-0.1, -0.05) is 6.07 Å². The van der Waals surface area contributed by atoms with Crippen LogP contribution in [-0.4, -0.2) is 21.8 Å². The van der Waals surface area contributed by atoms with Gasteiger partial charge in [0.05, 0.1) is 11.1 Å². The third kappa shape index (κ3) is 4.15. The van der Waals surface area contributed by atoms with Crippen LogP contribution in [0.2, 0.25) is 0 Å². The van der Waals surface area contributed by atoms with Crippen molar-refractivity contribution in [2.45, 2.75) is 6.92 Å². The lowest BCUT2D eigenvalue weighted by Crippen LogP contribution is -2.15. The van der Waals surface area contributed by atoms with E-state index in [2.05, 4.69) is 20.6 Å². The van der Waals surface area contributed by atoms with Crippen molar-refractivity contribution in [3.63, 3.8) is 0 Å². The molecule has 2 amide bonds. The topological polar surface area (TPSA) is 84.0 Å². The highest BCUT2D eigenvalue weighted by Gasteiger charge is 2.14. The van der Waals surface area contributed by atoms with Gasteiger partial charge in [0, 0.05) is 46.5 Å². The van der Waals surface area contributed by atoms with E-state index in [1.54, 1.807) is 61.8 Å². The highest BCUT2D eigenvalue weighted by Crippen LogP contribution is 2.21. The highest BCUT2D eigenvalue weighted by atomic mass is 19.1. The van der Waals surface area contributed by atoms with Crippen LogP contribution in [-0.2, 0) is 0 Å². The molecule has 4 aromatic rings. The third-order valence-corrected chi connectivity index (χ3v) is 4.47. The lowest BCUT2D eigenvalue weighted by molar-refractivity contribution is 0.101. The van der Waals surface area contributed by atoms with Crippen LogP contribution in [0, 0.1) is 12.7 Å². The minimum absolute atomic E-state index is 0.307. The van der Waals surface area contributed by atoms with Crippen molar-refractivity contribution >= 4 is 34.1 Å². The Balaban J connectivity index is 1.58. The van der Waals surface area contributed by atoms with Gasteiger partial charge < -0.3 is 10.6 Å². The molecule has 0 spiro atoms. The molecule has 0 unspecified atom stereocenters. The van der Waals surface area contributed by atoms with Gasteiger partial charge in [-0.2, -0.15) is 0 Å². The average Bonchev–Trinajstić information content (AvgIpc) is 2.73. The number of anilines is 2. The Bertz CT molecular complexity index is 1250. The monoisotopic (exact) mass is 400 g/mol. The molecule has 0 atom stereocenters. The summed E-state index contributed by atoms with van der Waals surface area (Å²) < 4.78 is 13.5. The number of aryl methyl sites for hydroxylation is 1. The van der Waals surface area contributed by atoms with Gasteiger partial charge in [-0.3, -0.25) is 19.6 Å². The second-order valence-corrected chi connectivity index (χ2v) is 6.70. The van der Waals surface area contributed by atoms with Crippen LogP contribution >= 0.6 is 0 Å². The Morgan fingerprint density at radius 2 is 1.63 bits per heavy atom. The number of aromatic nitrogens is 2. The summed E-state index contributed by atoms with van der Waals surface area (Å²) in [6.45, 7) is 1.74. The standard InChI is InChI=1S/C23H17FN4O2/c1-14-11-20(19-6-5-16(24)13-21(19)26-14)23(30)28-18-4-2-3-15(12-18)22(29)27-17-7-9-25-10-8-17/h2-13H,1H3,(H,28,30)(H,25,27,29). The molecule has 2 aromatic heterocycles. The molecule has 0 aliphatic carbocycles. The predicted molar refractivity (Wildman–Crippen MR) is 113 cm³/mol. The Kier molecular flexibility index (Phi) is 5.17. The summed E-state index contributed by atoms with van der Waals surface area (Å²) in [7, 11) is 0. The van der Waals surface area contributed by atoms with Crippen LogP contribution in [0.1, 0.15) is 26.4 Å². The van der Waals surface area contributed by atoms with Gasteiger partial charge >= 0.3 is 0 Å². The van der Waals surface area contributed by atoms with Gasteiger partial charge in [-0.25, -0.2) is 4.39 Å². The van der Waals surface area contributed by atoms with Crippen molar-refractivity contribution in [3.8, 4) is 0 Å². The summed E-state index contributed by atoms with van der Waals surface area (Å²) >= 11 is 0. The van der Waals surface area contributed by atoms with Crippen LogP contribution in [0.5, 0.6) is 0 Å². The van der Waals surface area contributed by atoms with Gasteiger partial charge in [-0.05, 0) is 55.5 Å². The van der Waals surface area contributed by atoms with E-state index in [0.29, 0.717) is 39.1 Å². The van der Waals surface area contributed by atoms with Crippen molar-refractivity contribution in [1.82, 2.24) is 9.97 Å². The van der Waals surface area contributed by atoms with E-state index in [1.807, 2.05) is 0 Å². The first-order valence-corrected chi connectivity index (χ1v) is 9.19. The maximum atomic E-state index is 13.5. The smallest absolute Gasteiger partial charge is 0.256 e. The predicted octanol–water partition coefficient (Wildman–Crippen LogP) is 4.58. The number of nitrogens with zero attached hydrogens (tertiary/aromatic N) is 2. The molecule has 2 aromatic carbocycles. The molecule has 4 rings (SSSR count). The zero-order valence-electron chi connectivity index (χ0n) is 16.0. The van der Waals surface area contributed by atoms with Crippen molar-refractivity contribution in [2.24, 2.45) is 0 Å². The number of pyridine rings is 2. The van der Waals surface area contributed by atoms with Crippen LogP contribution in [0.15, 0.2) is 73.1 Å². The number of hydrogen-bond acceptors (Lipinski definition) is 4. The number of carbonyl (C=O) groups excluding carboxylic acids is 2. The molecule has 7 heteroatoms. The second kappa shape index (κ2) is 8.08. The normalized spacial score (nSPS) is 10.6. The minimum atomic E-state index is -0.417. The lowest BCUT2D eigenvalue weighted by Gasteiger charge is -2.11. The summed E-state index contributed by atoms with van der Waals surface area (Å²) in [5, 5.41) is 6.12. The number of carbonyl (C=O) groups is 2. The Morgan fingerprint density at radius 1 is 0.867 bits per heavy atom. The molecule has 0 fully saturated rings. The summed E-state index contributed by atoms with van der Waals surface area (Å²) in [5.74, 6) is -1.10. The fraction of sp³-hybridized carbons (Fsp3) is 0.0435. The molecule has 0 aliphatic rings. The van der Waals surface area contributed by atoms with E-state index in [0.717, 1.165) is 0 Å². The molecule has 2 N–H and O–H groups in total. The molecule has 0 saturated carbocycles. The number of benzene rings is 2. The van der Waals surface area contributed by atoms with Gasteiger partial charge in [0.1, 0.15) is 5.82 Å². The van der Waals surface area contributed by atoms with E-state index in [-0.39, 0.29) is 11.8 Å². The van der Waals surface area contributed by atoms with E-state index in [9.17, 15) is 14.0 Å². The zero-order chi connectivity index (χ0) is 21.1. The average molecular weight is 400 g/mol. The van der Waals surface area contributed by atoms with Crippen LogP contribution in [0.4, 0.5) is 15.8 Å². The summed E-state index contributed by atoms with van der Waals surface area (Å²) in [6, 6.07) is 15.8. The fourth-order valence-electron chi connectivity index (χ4n) is 3.10. The SMILES string of the molecule is Cc1cc(C(=O)Nc2cccc(C(=O)Nc3ccncc3)c2)c2ccc(F)cc2n1. The van der Waals surface area contributed by atoms with Gasteiger partial charge in [-0.15, -0.1) is 0 Å². The molecule has 30 heavy (non-hydrogen) atoms. The van der Waals surface area contributed by atoms with Gasteiger partial charge in [0.25, 0.3) is 11.8 Å².